The minimum atomic E-state index is -0.619. The molecule has 126 valence electrons. The van der Waals surface area contributed by atoms with Crippen LogP contribution in [0.5, 0.6) is 0 Å². The first-order valence-electron chi connectivity index (χ1n) is 8.23. The number of carbonyl (C=O) groups is 1. The summed E-state index contributed by atoms with van der Waals surface area (Å²) in [5.41, 5.74) is 2.74. The first kappa shape index (κ1) is 15.5. The van der Waals surface area contributed by atoms with Crippen molar-refractivity contribution < 1.29 is 9.18 Å². The number of amides is 1. The summed E-state index contributed by atoms with van der Waals surface area (Å²) < 4.78 is 14.0. The van der Waals surface area contributed by atoms with E-state index in [-0.39, 0.29) is 5.56 Å². The molecular formula is C19H17FN4O. The maximum absolute atomic E-state index is 14.0. The maximum Gasteiger partial charge on any atom is 0.259 e. The lowest BCUT2D eigenvalue weighted by atomic mass is 10.1. The highest BCUT2D eigenvalue weighted by Crippen LogP contribution is 2.39. The number of aromatic nitrogens is 3. The molecule has 4 rings (SSSR count). The molecule has 1 fully saturated rings. The van der Waals surface area contributed by atoms with E-state index in [1.807, 2.05) is 30.3 Å². The zero-order chi connectivity index (χ0) is 17.2. The van der Waals surface area contributed by atoms with Gasteiger partial charge in [-0.05, 0) is 24.5 Å². The molecule has 1 amide bonds. The fraction of sp³-hybridized carbons (Fsp3) is 0.211. The summed E-state index contributed by atoms with van der Waals surface area (Å²) in [4.78, 5) is 16.6. The van der Waals surface area contributed by atoms with Crippen LogP contribution >= 0.6 is 0 Å². The number of nitrogens with one attached hydrogen (secondary N) is 2. The molecule has 2 aromatic heterocycles. The van der Waals surface area contributed by atoms with Gasteiger partial charge < -0.3 is 5.32 Å². The van der Waals surface area contributed by atoms with Crippen LogP contribution in [0.3, 0.4) is 0 Å². The summed E-state index contributed by atoms with van der Waals surface area (Å²) in [7, 11) is 0. The van der Waals surface area contributed by atoms with Gasteiger partial charge in [-0.2, -0.15) is 5.10 Å². The van der Waals surface area contributed by atoms with Crippen LogP contribution in [0, 0.1) is 5.82 Å². The van der Waals surface area contributed by atoms with E-state index in [0.717, 1.165) is 35.9 Å². The zero-order valence-electron chi connectivity index (χ0n) is 13.5. The topological polar surface area (TPSA) is 70.7 Å². The van der Waals surface area contributed by atoms with E-state index in [1.54, 1.807) is 12.3 Å². The molecule has 0 saturated heterocycles. The van der Waals surface area contributed by atoms with Gasteiger partial charge in [0, 0.05) is 23.6 Å². The Morgan fingerprint density at radius 3 is 2.80 bits per heavy atom. The second-order valence-electron chi connectivity index (χ2n) is 6.25. The van der Waals surface area contributed by atoms with Gasteiger partial charge in [0.2, 0.25) is 0 Å². The molecule has 3 aromatic rings. The van der Waals surface area contributed by atoms with Gasteiger partial charge in [-0.1, -0.05) is 30.3 Å². The third-order valence-electron chi connectivity index (χ3n) is 4.31. The van der Waals surface area contributed by atoms with Crippen LogP contribution in [0.1, 0.15) is 45.9 Å². The number of rotatable bonds is 5. The Bertz CT molecular complexity index is 903. The van der Waals surface area contributed by atoms with Crippen molar-refractivity contribution in [2.24, 2.45) is 0 Å². The molecule has 2 heterocycles. The molecular weight excluding hydrogens is 319 g/mol. The number of benzene rings is 1. The van der Waals surface area contributed by atoms with Gasteiger partial charge in [-0.25, -0.2) is 4.39 Å². The number of halogens is 1. The first-order valence-corrected chi connectivity index (χ1v) is 8.23. The second kappa shape index (κ2) is 6.47. The minimum absolute atomic E-state index is 0.0113. The fourth-order valence-corrected chi connectivity index (χ4v) is 2.78. The molecule has 1 aliphatic rings. The quantitative estimate of drug-likeness (QED) is 0.747. The Morgan fingerprint density at radius 2 is 2.04 bits per heavy atom. The van der Waals surface area contributed by atoms with Crippen molar-refractivity contribution in [1.29, 1.82) is 0 Å². The third-order valence-corrected chi connectivity index (χ3v) is 4.31. The van der Waals surface area contributed by atoms with E-state index < -0.39 is 11.7 Å². The maximum atomic E-state index is 14.0. The molecule has 0 radical (unpaired) electrons. The van der Waals surface area contributed by atoms with Gasteiger partial charge in [-0.3, -0.25) is 14.9 Å². The van der Waals surface area contributed by atoms with E-state index in [4.69, 9.17) is 0 Å². The van der Waals surface area contributed by atoms with Gasteiger partial charge in [0.25, 0.3) is 5.91 Å². The van der Waals surface area contributed by atoms with E-state index in [9.17, 15) is 9.18 Å². The van der Waals surface area contributed by atoms with Crippen LogP contribution in [0.2, 0.25) is 0 Å². The first-order chi connectivity index (χ1) is 12.2. The van der Waals surface area contributed by atoms with Crippen molar-refractivity contribution in [2.45, 2.75) is 25.2 Å². The van der Waals surface area contributed by atoms with Crippen LogP contribution in [0.4, 0.5) is 10.2 Å². The predicted octanol–water partition coefficient (Wildman–Crippen LogP) is 3.66. The minimum Gasteiger partial charge on any atom is -0.307 e. The standard InChI is InChI=1S/C19H17FN4O/c20-16-11-21-17(13-6-7-13)9-15(16)19(25)23-18-14(10-22-24-18)8-12-4-2-1-3-5-12/h1-5,9-11,13H,6-8H2,(H2,22,23,24,25). The summed E-state index contributed by atoms with van der Waals surface area (Å²) in [5.74, 6) is -0.280. The Kier molecular flexibility index (Phi) is 4.01. The molecule has 0 atom stereocenters. The Hall–Kier alpha value is -3.02. The summed E-state index contributed by atoms with van der Waals surface area (Å²) in [6.45, 7) is 0. The smallest absolute Gasteiger partial charge is 0.259 e. The van der Waals surface area contributed by atoms with Gasteiger partial charge in [0.15, 0.2) is 5.82 Å². The van der Waals surface area contributed by atoms with Crippen molar-refractivity contribution in [1.82, 2.24) is 15.2 Å². The van der Waals surface area contributed by atoms with E-state index >= 15 is 0 Å². The summed E-state index contributed by atoms with van der Waals surface area (Å²) in [6.07, 6.45) is 5.50. The van der Waals surface area contributed by atoms with Gasteiger partial charge in [0.05, 0.1) is 18.0 Å². The van der Waals surface area contributed by atoms with Crippen molar-refractivity contribution in [3.8, 4) is 0 Å². The number of aromatic amines is 1. The normalized spacial score (nSPS) is 13.6. The Labute approximate surface area is 144 Å². The number of hydrogen-bond acceptors (Lipinski definition) is 3. The van der Waals surface area contributed by atoms with Crippen LogP contribution in [-0.4, -0.2) is 21.1 Å². The monoisotopic (exact) mass is 336 g/mol. The third kappa shape index (κ3) is 3.42. The van der Waals surface area contributed by atoms with Gasteiger partial charge >= 0.3 is 0 Å². The number of pyridine rings is 1. The zero-order valence-corrected chi connectivity index (χ0v) is 13.5. The molecule has 0 spiro atoms. The lowest BCUT2D eigenvalue weighted by molar-refractivity contribution is 0.102. The van der Waals surface area contributed by atoms with Crippen molar-refractivity contribution in [3.63, 3.8) is 0 Å². The predicted molar refractivity (Wildman–Crippen MR) is 92.0 cm³/mol. The second-order valence-corrected chi connectivity index (χ2v) is 6.25. The summed E-state index contributed by atoms with van der Waals surface area (Å²) in [6, 6.07) is 11.4. The van der Waals surface area contributed by atoms with Gasteiger partial charge in [0.1, 0.15) is 5.82 Å². The van der Waals surface area contributed by atoms with Crippen LogP contribution < -0.4 is 5.32 Å². The molecule has 0 unspecified atom stereocenters. The molecule has 1 saturated carbocycles. The van der Waals surface area contributed by atoms with Crippen molar-refractivity contribution in [3.05, 3.63) is 77.0 Å². The van der Waals surface area contributed by atoms with E-state index in [1.165, 1.54) is 0 Å². The number of anilines is 1. The number of hydrogen-bond donors (Lipinski definition) is 2. The summed E-state index contributed by atoms with van der Waals surface area (Å²) >= 11 is 0. The van der Waals surface area contributed by atoms with Crippen molar-refractivity contribution in [2.75, 3.05) is 5.32 Å². The highest BCUT2D eigenvalue weighted by Gasteiger charge is 2.27. The lowest BCUT2D eigenvalue weighted by Crippen LogP contribution is -2.16. The Morgan fingerprint density at radius 1 is 1.24 bits per heavy atom. The molecule has 6 heteroatoms. The lowest BCUT2D eigenvalue weighted by Gasteiger charge is -2.08. The molecule has 25 heavy (non-hydrogen) atoms. The SMILES string of the molecule is O=C(Nc1[nH]ncc1Cc1ccccc1)c1cc(C2CC2)ncc1F. The highest BCUT2D eigenvalue weighted by atomic mass is 19.1. The van der Waals surface area contributed by atoms with Gasteiger partial charge in [-0.15, -0.1) is 0 Å². The summed E-state index contributed by atoms with van der Waals surface area (Å²) in [5, 5.41) is 9.50. The van der Waals surface area contributed by atoms with Crippen LogP contribution in [-0.2, 0) is 6.42 Å². The molecule has 1 aromatic carbocycles. The van der Waals surface area contributed by atoms with E-state index in [0.29, 0.717) is 18.2 Å². The highest BCUT2D eigenvalue weighted by molar-refractivity contribution is 6.04. The molecule has 5 nitrogen and oxygen atoms in total. The molecule has 1 aliphatic carbocycles. The molecule has 0 aliphatic heterocycles. The largest absolute Gasteiger partial charge is 0.307 e. The van der Waals surface area contributed by atoms with Crippen LogP contribution in [0.25, 0.3) is 0 Å². The van der Waals surface area contributed by atoms with Crippen molar-refractivity contribution >= 4 is 11.7 Å². The average molecular weight is 336 g/mol. The Balaban J connectivity index is 1.54. The van der Waals surface area contributed by atoms with E-state index in [2.05, 4.69) is 20.5 Å². The number of nitrogens with zero attached hydrogens (tertiary/aromatic N) is 2. The number of carbonyl (C=O) groups excluding carboxylic acids is 1. The fourth-order valence-electron chi connectivity index (χ4n) is 2.78. The average Bonchev–Trinajstić information content (AvgIpc) is 3.39. The van der Waals surface area contributed by atoms with Crippen LogP contribution in [0.15, 0.2) is 48.8 Å². The molecule has 2 N–H and O–H groups in total. The molecule has 0 bridgehead atoms. The number of H-pyrrole nitrogens is 1.